The Morgan fingerprint density at radius 3 is 2.46 bits per heavy atom. The first-order chi connectivity index (χ1) is 12.2. The summed E-state index contributed by atoms with van der Waals surface area (Å²) < 4.78 is 37.7. The van der Waals surface area contributed by atoms with Crippen molar-refractivity contribution >= 4 is 39.1 Å². The third-order valence-corrected chi connectivity index (χ3v) is 6.30. The van der Waals surface area contributed by atoms with E-state index in [4.69, 9.17) is 11.6 Å². The topological polar surface area (TPSA) is 78.0 Å². The number of benzene rings is 1. The van der Waals surface area contributed by atoms with Crippen LogP contribution in [0.5, 0.6) is 0 Å². The molecule has 0 aromatic heterocycles. The number of nitrogens with zero attached hydrogens (tertiary/aromatic N) is 3. The Balaban J connectivity index is 1.65. The summed E-state index contributed by atoms with van der Waals surface area (Å²) in [6.07, 6.45) is 1.21. The number of halogens is 2. The van der Waals surface area contributed by atoms with Gasteiger partial charge in [0, 0.05) is 44.8 Å². The first-order valence-corrected chi connectivity index (χ1v) is 10.4. The van der Waals surface area contributed by atoms with Gasteiger partial charge in [-0.25, -0.2) is 12.8 Å². The summed E-state index contributed by atoms with van der Waals surface area (Å²) >= 11 is 5.77. The minimum Gasteiger partial charge on any atom is -0.340 e. The molecule has 2 aliphatic heterocycles. The van der Waals surface area contributed by atoms with Crippen molar-refractivity contribution in [2.45, 2.75) is 6.42 Å². The SMILES string of the molecule is CS(=O)(=O)N1CCN(C(=O)C2CC(=O)N(c3ccc(F)c(Cl)c3)C2)CC1. The highest BCUT2D eigenvalue weighted by molar-refractivity contribution is 7.88. The molecule has 2 saturated heterocycles. The largest absolute Gasteiger partial charge is 0.340 e. The Morgan fingerprint density at radius 1 is 1.23 bits per heavy atom. The predicted molar refractivity (Wildman–Crippen MR) is 94.9 cm³/mol. The second-order valence-electron chi connectivity index (χ2n) is 6.49. The van der Waals surface area contributed by atoms with Gasteiger partial charge < -0.3 is 9.80 Å². The highest BCUT2D eigenvalue weighted by Crippen LogP contribution is 2.29. The molecule has 0 bridgehead atoms. The highest BCUT2D eigenvalue weighted by Gasteiger charge is 2.38. The van der Waals surface area contributed by atoms with Crippen molar-refractivity contribution in [1.82, 2.24) is 9.21 Å². The molecule has 0 saturated carbocycles. The van der Waals surface area contributed by atoms with Crippen LogP contribution in [0.15, 0.2) is 18.2 Å². The molecule has 26 heavy (non-hydrogen) atoms. The van der Waals surface area contributed by atoms with E-state index in [1.807, 2.05) is 0 Å². The molecule has 7 nitrogen and oxygen atoms in total. The number of piperazine rings is 1. The van der Waals surface area contributed by atoms with Crippen LogP contribution in [-0.2, 0) is 19.6 Å². The third-order valence-electron chi connectivity index (χ3n) is 4.71. The van der Waals surface area contributed by atoms with Gasteiger partial charge >= 0.3 is 0 Å². The van der Waals surface area contributed by atoms with Gasteiger partial charge in [-0.2, -0.15) is 4.31 Å². The zero-order chi connectivity index (χ0) is 19.1. The van der Waals surface area contributed by atoms with E-state index in [-0.39, 0.29) is 42.9 Å². The van der Waals surface area contributed by atoms with Crippen molar-refractivity contribution in [2.24, 2.45) is 5.92 Å². The molecule has 1 unspecified atom stereocenters. The van der Waals surface area contributed by atoms with E-state index in [2.05, 4.69) is 0 Å². The molecule has 0 radical (unpaired) electrons. The smallest absolute Gasteiger partial charge is 0.228 e. The van der Waals surface area contributed by atoms with Gasteiger partial charge in [-0.05, 0) is 18.2 Å². The zero-order valence-electron chi connectivity index (χ0n) is 14.2. The maximum atomic E-state index is 13.3. The Bertz CT molecular complexity index is 840. The van der Waals surface area contributed by atoms with Crippen LogP contribution in [0.25, 0.3) is 0 Å². The fraction of sp³-hybridized carbons (Fsp3) is 0.500. The second kappa shape index (κ2) is 7.13. The van der Waals surface area contributed by atoms with Crippen LogP contribution < -0.4 is 4.90 Å². The summed E-state index contributed by atoms with van der Waals surface area (Å²) in [5.41, 5.74) is 0.457. The molecule has 0 aliphatic carbocycles. The monoisotopic (exact) mass is 403 g/mol. The van der Waals surface area contributed by atoms with E-state index in [1.54, 1.807) is 4.90 Å². The van der Waals surface area contributed by atoms with E-state index in [1.165, 1.54) is 27.4 Å². The lowest BCUT2D eigenvalue weighted by Crippen LogP contribution is -2.51. The number of rotatable bonds is 3. The van der Waals surface area contributed by atoms with Gasteiger partial charge in [0.1, 0.15) is 5.82 Å². The fourth-order valence-electron chi connectivity index (χ4n) is 3.27. The molecule has 2 heterocycles. The number of hydrogen-bond donors (Lipinski definition) is 0. The number of hydrogen-bond acceptors (Lipinski definition) is 4. The number of carbonyl (C=O) groups excluding carboxylic acids is 2. The molecule has 1 atom stereocenters. The van der Waals surface area contributed by atoms with Crippen LogP contribution in [0.3, 0.4) is 0 Å². The normalized spacial score (nSPS) is 22.1. The van der Waals surface area contributed by atoms with Crippen LogP contribution >= 0.6 is 11.6 Å². The molecular weight excluding hydrogens is 385 g/mol. The molecule has 142 valence electrons. The first-order valence-electron chi connectivity index (χ1n) is 8.16. The second-order valence-corrected chi connectivity index (χ2v) is 8.88. The minimum atomic E-state index is -3.27. The van der Waals surface area contributed by atoms with Gasteiger partial charge in [0.15, 0.2) is 0 Å². The Kier molecular flexibility index (Phi) is 5.23. The molecule has 2 aliphatic rings. The zero-order valence-corrected chi connectivity index (χ0v) is 15.8. The maximum Gasteiger partial charge on any atom is 0.228 e. The van der Waals surface area contributed by atoms with Crippen molar-refractivity contribution in [3.8, 4) is 0 Å². The summed E-state index contributed by atoms with van der Waals surface area (Å²) in [6, 6.07) is 4.01. The average molecular weight is 404 g/mol. The Labute approximate surface area is 156 Å². The van der Waals surface area contributed by atoms with Crippen LogP contribution in [0, 0.1) is 11.7 Å². The van der Waals surface area contributed by atoms with E-state index in [0.29, 0.717) is 18.8 Å². The molecule has 3 rings (SSSR count). The first kappa shape index (κ1) is 19.1. The van der Waals surface area contributed by atoms with Crippen molar-refractivity contribution in [1.29, 1.82) is 0 Å². The Morgan fingerprint density at radius 2 is 1.88 bits per heavy atom. The van der Waals surface area contributed by atoms with Crippen LogP contribution in [-0.4, -0.2) is 68.4 Å². The number of amides is 2. The van der Waals surface area contributed by atoms with E-state index < -0.39 is 21.8 Å². The molecule has 0 N–H and O–H groups in total. The molecule has 2 fully saturated rings. The van der Waals surface area contributed by atoms with Crippen LogP contribution in [0.4, 0.5) is 10.1 Å². The van der Waals surface area contributed by atoms with Gasteiger partial charge in [0.2, 0.25) is 21.8 Å². The molecule has 1 aromatic rings. The third kappa shape index (κ3) is 3.84. The predicted octanol–water partition coefficient (Wildman–Crippen LogP) is 0.936. The summed E-state index contributed by atoms with van der Waals surface area (Å²) in [6.45, 7) is 1.31. The van der Waals surface area contributed by atoms with Crippen molar-refractivity contribution in [3.05, 3.63) is 29.0 Å². The lowest BCUT2D eigenvalue weighted by molar-refractivity contribution is -0.136. The number of sulfonamides is 1. The number of carbonyl (C=O) groups is 2. The molecule has 1 aromatic carbocycles. The summed E-state index contributed by atoms with van der Waals surface area (Å²) in [7, 11) is -3.27. The Hall–Kier alpha value is -1.71. The van der Waals surface area contributed by atoms with Gasteiger partial charge in [-0.1, -0.05) is 11.6 Å². The van der Waals surface area contributed by atoms with Crippen LogP contribution in [0.2, 0.25) is 5.02 Å². The maximum absolute atomic E-state index is 13.3. The molecule has 0 spiro atoms. The molecule has 2 amide bonds. The van der Waals surface area contributed by atoms with Crippen molar-refractivity contribution in [3.63, 3.8) is 0 Å². The van der Waals surface area contributed by atoms with Crippen molar-refractivity contribution < 1.29 is 22.4 Å². The molecular formula is C16H19ClFN3O4S. The quantitative estimate of drug-likeness (QED) is 0.752. The van der Waals surface area contributed by atoms with Crippen LogP contribution in [0.1, 0.15) is 6.42 Å². The summed E-state index contributed by atoms with van der Waals surface area (Å²) in [4.78, 5) is 28.0. The average Bonchev–Trinajstić information content (AvgIpc) is 2.98. The lowest BCUT2D eigenvalue weighted by atomic mass is 10.1. The van der Waals surface area contributed by atoms with Gasteiger partial charge in [0.05, 0.1) is 17.2 Å². The minimum absolute atomic E-state index is 0.0696. The summed E-state index contributed by atoms with van der Waals surface area (Å²) in [5, 5.41) is -0.0815. The van der Waals surface area contributed by atoms with Gasteiger partial charge in [-0.15, -0.1) is 0 Å². The van der Waals surface area contributed by atoms with E-state index in [0.717, 1.165) is 6.26 Å². The standard InChI is InChI=1S/C16H19ClFN3O4S/c1-26(24,25)20-6-4-19(5-7-20)16(23)11-8-15(22)21(10-11)12-2-3-14(18)13(17)9-12/h2-3,9,11H,4-8,10H2,1H3. The van der Waals surface area contributed by atoms with Gasteiger partial charge in [-0.3, -0.25) is 9.59 Å². The summed E-state index contributed by atoms with van der Waals surface area (Å²) in [5.74, 6) is -1.46. The number of anilines is 1. The molecule has 10 heteroatoms. The highest BCUT2D eigenvalue weighted by atomic mass is 35.5. The lowest BCUT2D eigenvalue weighted by Gasteiger charge is -2.34. The van der Waals surface area contributed by atoms with E-state index >= 15 is 0 Å². The fourth-order valence-corrected chi connectivity index (χ4v) is 4.28. The van der Waals surface area contributed by atoms with Gasteiger partial charge in [0.25, 0.3) is 0 Å². The van der Waals surface area contributed by atoms with Crippen molar-refractivity contribution in [2.75, 3.05) is 43.9 Å². The van der Waals surface area contributed by atoms with E-state index in [9.17, 15) is 22.4 Å².